The molecule has 4 rings (SSSR count). The quantitative estimate of drug-likeness (QED) is 0.539. The van der Waals surface area contributed by atoms with Crippen molar-refractivity contribution in [1.82, 2.24) is 10.2 Å². The van der Waals surface area contributed by atoms with Gasteiger partial charge >= 0.3 is 6.03 Å². The predicted molar refractivity (Wildman–Crippen MR) is 128 cm³/mol. The van der Waals surface area contributed by atoms with Gasteiger partial charge in [-0.2, -0.15) is 0 Å². The number of hydrogen-bond donors (Lipinski definition) is 2. The van der Waals surface area contributed by atoms with Crippen molar-refractivity contribution >= 4 is 21.6 Å². The van der Waals surface area contributed by atoms with Gasteiger partial charge in [0.1, 0.15) is 5.75 Å². The Morgan fingerprint density at radius 1 is 1.12 bits per heavy atom. The van der Waals surface area contributed by atoms with E-state index in [0.29, 0.717) is 37.3 Å². The van der Waals surface area contributed by atoms with Crippen molar-refractivity contribution in [3.63, 3.8) is 0 Å². The normalized spacial score (nSPS) is 25.5. The summed E-state index contributed by atoms with van der Waals surface area (Å²) in [5.41, 5.74) is 6.47. The van der Waals surface area contributed by atoms with Crippen molar-refractivity contribution in [3.05, 3.63) is 24.3 Å². The van der Waals surface area contributed by atoms with Crippen LogP contribution >= 0.6 is 0 Å². The first kappa shape index (κ1) is 24.6. The minimum atomic E-state index is -3.08. The molecule has 3 fully saturated rings. The van der Waals surface area contributed by atoms with Crippen LogP contribution in [0.3, 0.4) is 0 Å². The lowest BCUT2D eigenvalue weighted by Crippen LogP contribution is -2.52. The standard InChI is InChI=1S/C23H38N4O4S/c1-4-25-23(28)26-14-19-15-27(22(16-26)18(3)17(19)2)20-6-8-21(9-7-20)31-11-5-12-32(29,30)13-10-24/h6-9,17-19,22H,4-5,10-16,24H2,1-3H3,(H,25,28)/t17?,18?,19-,22-/m1/s1. The smallest absolute Gasteiger partial charge is 0.317 e. The molecule has 0 spiro atoms. The Bertz CT molecular complexity index is 861. The van der Waals surface area contributed by atoms with Crippen LogP contribution in [0.2, 0.25) is 0 Å². The molecule has 32 heavy (non-hydrogen) atoms. The Morgan fingerprint density at radius 3 is 2.50 bits per heavy atom. The number of piperidine rings is 1. The molecule has 3 N–H and O–H groups in total. The zero-order chi connectivity index (χ0) is 23.3. The zero-order valence-electron chi connectivity index (χ0n) is 19.5. The number of amides is 2. The summed E-state index contributed by atoms with van der Waals surface area (Å²) in [5, 5.41) is 2.95. The number of nitrogens with zero attached hydrogens (tertiary/aromatic N) is 2. The highest BCUT2D eigenvalue weighted by Gasteiger charge is 2.44. The van der Waals surface area contributed by atoms with Crippen LogP contribution in [0.4, 0.5) is 10.5 Å². The van der Waals surface area contributed by atoms with Crippen LogP contribution in [0.1, 0.15) is 27.2 Å². The zero-order valence-corrected chi connectivity index (χ0v) is 20.3. The average molecular weight is 467 g/mol. The predicted octanol–water partition coefficient (Wildman–Crippen LogP) is 1.95. The van der Waals surface area contributed by atoms with Gasteiger partial charge in [0, 0.05) is 44.5 Å². The van der Waals surface area contributed by atoms with Gasteiger partial charge in [0.15, 0.2) is 9.84 Å². The molecule has 8 nitrogen and oxygen atoms in total. The molecule has 3 aliphatic rings. The second kappa shape index (κ2) is 10.7. The van der Waals surface area contributed by atoms with Crippen LogP contribution in [0, 0.1) is 17.8 Å². The van der Waals surface area contributed by atoms with E-state index in [-0.39, 0.29) is 30.1 Å². The Balaban J connectivity index is 1.62. The number of fused-ring (bicyclic) bond motifs is 4. The van der Waals surface area contributed by atoms with E-state index in [0.717, 1.165) is 31.1 Å². The fraction of sp³-hybridized carbons (Fsp3) is 0.696. The fourth-order valence-electron chi connectivity index (χ4n) is 4.90. The first-order valence-electron chi connectivity index (χ1n) is 11.7. The summed E-state index contributed by atoms with van der Waals surface area (Å²) < 4.78 is 29.2. The van der Waals surface area contributed by atoms with E-state index < -0.39 is 9.84 Å². The molecule has 0 radical (unpaired) electrons. The van der Waals surface area contributed by atoms with Gasteiger partial charge in [0.25, 0.3) is 0 Å². The van der Waals surface area contributed by atoms with E-state index in [9.17, 15) is 13.2 Å². The molecule has 2 amide bonds. The van der Waals surface area contributed by atoms with Crippen molar-refractivity contribution in [3.8, 4) is 5.75 Å². The third-order valence-corrected chi connectivity index (χ3v) is 8.72. The van der Waals surface area contributed by atoms with E-state index in [1.807, 2.05) is 24.0 Å². The molecule has 2 bridgehead atoms. The van der Waals surface area contributed by atoms with E-state index in [1.165, 1.54) is 0 Å². The molecule has 3 saturated heterocycles. The minimum absolute atomic E-state index is 0.0221. The average Bonchev–Trinajstić information content (AvgIpc) is 3.02. The van der Waals surface area contributed by atoms with Crippen LogP contribution in [-0.4, -0.2) is 76.2 Å². The van der Waals surface area contributed by atoms with Gasteiger partial charge in [-0.1, -0.05) is 13.8 Å². The summed E-state index contributed by atoms with van der Waals surface area (Å²) in [6, 6.07) is 8.31. The SMILES string of the molecule is CCNC(=O)N1C[C@@H]2CN(c3ccc(OCCCS(=O)(=O)CCN)cc3)[C@H](C1)C(C)C2C. The highest BCUT2D eigenvalue weighted by atomic mass is 32.2. The van der Waals surface area contributed by atoms with E-state index in [2.05, 4.69) is 36.2 Å². The summed E-state index contributed by atoms with van der Waals surface area (Å²) in [5.74, 6) is 2.33. The lowest BCUT2D eigenvalue weighted by atomic mass is 9.76. The van der Waals surface area contributed by atoms with Gasteiger partial charge in [-0.3, -0.25) is 0 Å². The lowest BCUT2D eigenvalue weighted by Gasteiger charge is -2.45. The Kier molecular flexibility index (Phi) is 8.27. The van der Waals surface area contributed by atoms with Crippen LogP contribution in [0.5, 0.6) is 5.75 Å². The van der Waals surface area contributed by atoms with Gasteiger partial charge in [0.05, 0.1) is 18.1 Å². The monoisotopic (exact) mass is 466 g/mol. The summed E-state index contributed by atoms with van der Waals surface area (Å²) in [6.45, 7) is 10.2. The van der Waals surface area contributed by atoms with Gasteiger partial charge in [-0.05, 0) is 55.4 Å². The van der Waals surface area contributed by atoms with Crippen molar-refractivity contribution in [2.75, 3.05) is 55.7 Å². The number of sulfone groups is 1. The molecule has 3 aliphatic heterocycles. The van der Waals surface area contributed by atoms with Crippen molar-refractivity contribution < 1.29 is 17.9 Å². The molecule has 1 aromatic carbocycles. The van der Waals surface area contributed by atoms with Crippen molar-refractivity contribution in [2.45, 2.75) is 33.2 Å². The number of hydrogen-bond acceptors (Lipinski definition) is 6. The highest BCUT2D eigenvalue weighted by Crippen LogP contribution is 2.39. The summed E-state index contributed by atoms with van der Waals surface area (Å²) >= 11 is 0. The second-order valence-electron chi connectivity index (χ2n) is 9.07. The minimum Gasteiger partial charge on any atom is -0.494 e. The third kappa shape index (κ3) is 5.86. The lowest BCUT2D eigenvalue weighted by molar-refractivity contribution is 0.190. The van der Waals surface area contributed by atoms with Crippen LogP contribution in [0.25, 0.3) is 0 Å². The van der Waals surface area contributed by atoms with Crippen molar-refractivity contribution in [2.24, 2.45) is 23.5 Å². The van der Waals surface area contributed by atoms with Crippen LogP contribution < -0.4 is 20.7 Å². The largest absolute Gasteiger partial charge is 0.494 e. The molecule has 1 aromatic rings. The Hall–Kier alpha value is -2.00. The Morgan fingerprint density at radius 2 is 1.84 bits per heavy atom. The highest BCUT2D eigenvalue weighted by molar-refractivity contribution is 7.91. The number of nitrogens with one attached hydrogen (secondary N) is 1. The summed E-state index contributed by atoms with van der Waals surface area (Å²) in [7, 11) is -3.08. The van der Waals surface area contributed by atoms with Crippen LogP contribution in [0.15, 0.2) is 24.3 Å². The van der Waals surface area contributed by atoms with E-state index in [1.54, 1.807) is 0 Å². The fourth-order valence-corrected chi connectivity index (χ4v) is 6.02. The number of rotatable bonds is 9. The molecule has 9 heteroatoms. The van der Waals surface area contributed by atoms with Gasteiger partial charge < -0.3 is 25.6 Å². The molecular formula is C23H38N4O4S. The van der Waals surface area contributed by atoms with Crippen LogP contribution in [-0.2, 0) is 9.84 Å². The van der Waals surface area contributed by atoms with Gasteiger partial charge in [-0.25, -0.2) is 13.2 Å². The summed E-state index contributed by atoms with van der Waals surface area (Å²) in [6.07, 6.45) is 0.449. The number of carbonyl (C=O) groups is 1. The molecule has 0 saturated carbocycles. The number of nitrogens with two attached hydrogens (primary N) is 1. The number of carbonyl (C=O) groups excluding carboxylic acids is 1. The molecule has 0 aromatic heterocycles. The maximum absolute atomic E-state index is 12.5. The molecule has 4 atom stereocenters. The molecular weight excluding hydrogens is 428 g/mol. The number of ether oxygens (including phenoxy) is 1. The summed E-state index contributed by atoms with van der Waals surface area (Å²) in [4.78, 5) is 17.0. The van der Waals surface area contributed by atoms with Crippen molar-refractivity contribution in [1.29, 1.82) is 0 Å². The third-order valence-electron chi connectivity index (χ3n) is 6.95. The maximum atomic E-state index is 12.5. The second-order valence-corrected chi connectivity index (χ2v) is 11.4. The van der Waals surface area contributed by atoms with E-state index in [4.69, 9.17) is 10.5 Å². The number of urea groups is 1. The molecule has 180 valence electrons. The molecule has 0 aliphatic carbocycles. The number of anilines is 1. The maximum Gasteiger partial charge on any atom is 0.317 e. The first-order valence-corrected chi connectivity index (χ1v) is 13.5. The topological polar surface area (TPSA) is 105 Å². The number of benzene rings is 1. The van der Waals surface area contributed by atoms with E-state index >= 15 is 0 Å². The molecule has 2 unspecified atom stereocenters. The van der Waals surface area contributed by atoms with Gasteiger partial charge in [0.2, 0.25) is 0 Å². The Labute approximate surface area is 192 Å². The molecule has 3 heterocycles. The first-order chi connectivity index (χ1) is 15.3. The van der Waals surface area contributed by atoms with Gasteiger partial charge in [-0.15, -0.1) is 0 Å².